The van der Waals surface area contributed by atoms with E-state index in [0.717, 1.165) is 30.7 Å². The molecule has 2 aromatic rings. The monoisotopic (exact) mass is 236 g/mol. The van der Waals surface area contributed by atoms with Gasteiger partial charge in [0.05, 0.1) is 0 Å². The third-order valence-corrected chi connectivity index (χ3v) is 2.47. The first-order valence-electron chi connectivity index (χ1n) is 5.28. The van der Waals surface area contributed by atoms with Crippen LogP contribution in [0.4, 0.5) is 5.82 Å². The summed E-state index contributed by atoms with van der Waals surface area (Å²) in [6.45, 7) is 0.880. The average Bonchev–Trinajstić information content (AvgIpc) is 2.34. The molecule has 0 aromatic carbocycles. The van der Waals surface area contributed by atoms with Gasteiger partial charge >= 0.3 is 0 Å². The molecule has 2 aromatic heterocycles. The molecular weight excluding hydrogens is 224 g/mol. The summed E-state index contributed by atoms with van der Waals surface area (Å²) in [6, 6.07) is 3.83. The summed E-state index contributed by atoms with van der Waals surface area (Å²) in [5, 5.41) is 3.23. The second-order valence-corrected chi connectivity index (χ2v) is 3.80. The Morgan fingerprint density at radius 2 is 2.00 bits per heavy atom. The number of anilines is 1. The van der Waals surface area contributed by atoms with Crippen LogP contribution >= 0.6 is 11.6 Å². The van der Waals surface area contributed by atoms with Crippen molar-refractivity contribution in [2.24, 2.45) is 0 Å². The molecule has 0 radical (unpaired) electrons. The van der Waals surface area contributed by atoms with E-state index in [4.69, 9.17) is 11.6 Å². The van der Waals surface area contributed by atoms with Gasteiger partial charge in [-0.05, 0) is 25.0 Å². The molecule has 0 aliphatic rings. The number of hydrogen-bond donors (Lipinski definition) is 1. The van der Waals surface area contributed by atoms with Crippen LogP contribution in [0.25, 0.3) is 11.2 Å². The lowest BCUT2D eigenvalue weighted by molar-refractivity contribution is 0.836. The van der Waals surface area contributed by atoms with E-state index in [-0.39, 0.29) is 0 Å². The summed E-state index contributed by atoms with van der Waals surface area (Å²) in [5.74, 6) is 1.54. The number of fused-ring (bicyclic) bond motifs is 1. The van der Waals surface area contributed by atoms with E-state index in [2.05, 4.69) is 20.3 Å². The zero-order valence-corrected chi connectivity index (χ0v) is 9.61. The van der Waals surface area contributed by atoms with Crippen LogP contribution < -0.4 is 5.32 Å². The molecule has 0 spiro atoms. The molecule has 0 aliphatic heterocycles. The van der Waals surface area contributed by atoms with Gasteiger partial charge in [-0.3, -0.25) is 4.98 Å². The molecule has 0 aliphatic carbocycles. The minimum Gasteiger partial charge on any atom is -0.370 e. The van der Waals surface area contributed by atoms with E-state index in [1.54, 1.807) is 12.4 Å². The van der Waals surface area contributed by atoms with E-state index in [9.17, 15) is 0 Å². The van der Waals surface area contributed by atoms with Crippen LogP contribution in [-0.2, 0) is 0 Å². The number of aromatic nitrogens is 3. The minimum atomic E-state index is 0.671. The Hall–Kier alpha value is -1.42. The van der Waals surface area contributed by atoms with Crippen molar-refractivity contribution in [2.75, 3.05) is 17.7 Å². The fraction of sp³-hybridized carbons (Fsp3) is 0.364. The number of unbranched alkanes of at least 4 members (excludes halogenated alkanes) is 1. The molecule has 4 nitrogen and oxygen atoms in total. The highest BCUT2D eigenvalue weighted by Crippen LogP contribution is 2.10. The van der Waals surface area contributed by atoms with Gasteiger partial charge in [0.15, 0.2) is 5.65 Å². The van der Waals surface area contributed by atoms with Gasteiger partial charge in [0.25, 0.3) is 0 Å². The van der Waals surface area contributed by atoms with Gasteiger partial charge < -0.3 is 5.32 Å². The van der Waals surface area contributed by atoms with Crippen LogP contribution in [0.1, 0.15) is 12.8 Å². The van der Waals surface area contributed by atoms with Gasteiger partial charge in [0, 0.05) is 24.8 Å². The molecule has 1 N–H and O–H groups in total. The number of nitrogens with one attached hydrogen (secondary N) is 1. The third kappa shape index (κ3) is 2.79. The quantitative estimate of drug-likeness (QED) is 0.640. The molecule has 2 rings (SSSR count). The lowest BCUT2D eigenvalue weighted by atomic mass is 10.3. The van der Waals surface area contributed by atoms with Crippen LogP contribution in [0, 0.1) is 0 Å². The van der Waals surface area contributed by atoms with Crippen molar-refractivity contribution in [3.63, 3.8) is 0 Å². The standard InChI is InChI=1S/C11H13ClN4/c12-5-1-2-6-14-10-4-3-9-11(16-10)15-8-7-13-9/h3-4,7-8H,1-2,5-6H2,(H,14,15,16). The number of nitrogens with zero attached hydrogens (tertiary/aromatic N) is 3. The van der Waals surface area contributed by atoms with Gasteiger partial charge in [-0.25, -0.2) is 9.97 Å². The molecule has 0 atom stereocenters. The second kappa shape index (κ2) is 5.61. The smallest absolute Gasteiger partial charge is 0.180 e. The van der Waals surface area contributed by atoms with Crippen molar-refractivity contribution in [1.29, 1.82) is 0 Å². The predicted octanol–water partition coefficient (Wildman–Crippen LogP) is 2.46. The van der Waals surface area contributed by atoms with E-state index < -0.39 is 0 Å². The van der Waals surface area contributed by atoms with E-state index in [1.165, 1.54) is 0 Å². The molecule has 16 heavy (non-hydrogen) atoms. The number of pyridine rings is 1. The van der Waals surface area contributed by atoms with Crippen LogP contribution in [0.3, 0.4) is 0 Å². The SMILES string of the molecule is ClCCCCNc1ccc2nccnc2n1. The highest BCUT2D eigenvalue weighted by Gasteiger charge is 1.98. The summed E-state index contributed by atoms with van der Waals surface area (Å²) >= 11 is 5.60. The predicted molar refractivity (Wildman–Crippen MR) is 65.8 cm³/mol. The van der Waals surface area contributed by atoms with Crippen molar-refractivity contribution in [1.82, 2.24) is 15.0 Å². The van der Waals surface area contributed by atoms with Crippen LogP contribution in [0.2, 0.25) is 0 Å². The first kappa shape index (κ1) is 11.1. The largest absolute Gasteiger partial charge is 0.370 e. The average molecular weight is 237 g/mol. The normalized spacial score (nSPS) is 10.6. The lowest BCUT2D eigenvalue weighted by Gasteiger charge is -2.04. The molecule has 0 saturated carbocycles. The van der Waals surface area contributed by atoms with Crippen LogP contribution in [-0.4, -0.2) is 27.4 Å². The fourth-order valence-electron chi connectivity index (χ4n) is 1.39. The van der Waals surface area contributed by atoms with Gasteiger partial charge in [0.1, 0.15) is 11.3 Å². The summed E-state index contributed by atoms with van der Waals surface area (Å²) in [6.07, 6.45) is 5.37. The number of rotatable bonds is 5. The van der Waals surface area contributed by atoms with Crippen molar-refractivity contribution < 1.29 is 0 Å². The first-order valence-corrected chi connectivity index (χ1v) is 5.81. The summed E-state index contributed by atoms with van der Waals surface area (Å²) in [7, 11) is 0. The highest BCUT2D eigenvalue weighted by molar-refractivity contribution is 6.17. The molecule has 5 heteroatoms. The van der Waals surface area contributed by atoms with Gasteiger partial charge in [-0.15, -0.1) is 11.6 Å². The van der Waals surface area contributed by atoms with Gasteiger partial charge in [0.2, 0.25) is 0 Å². The number of halogens is 1. The topological polar surface area (TPSA) is 50.7 Å². The maximum atomic E-state index is 5.60. The van der Waals surface area contributed by atoms with E-state index >= 15 is 0 Å². The molecule has 0 amide bonds. The van der Waals surface area contributed by atoms with Gasteiger partial charge in [-0.2, -0.15) is 0 Å². The summed E-state index contributed by atoms with van der Waals surface area (Å²) < 4.78 is 0. The lowest BCUT2D eigenvalue weighted by Crippen LogP contribution is -2.03. The molecule has 0 fully saturated rings. The maximum absolute atomic E-state index is 5.60. The molecule has 2 heterocycles. The van der Waals surface area contributed by atoms with Crippen molar-refractivity contribution >= 4 is 28.6 Å². The summed E-state index contributed by atoms with van der Waals surface area (Å²) in [4.78, 5) is 12.7. The Morgan fingerprint density at radius 3 is 2.88 bits per heavy atom. The Bertz CT molecular complexity index is 460. The zero-order valence-electron chi connectivity index (χ0n) is 8.86. The van der Waals surface area contributed by atoms with Gasteiger partial charge in [-0.1, -0.05) is 0 Å². The first-order chi connectivity index (χ1) is 7.90. The highest BCUT2D eigenvalue weighted by atomic mass is 35.5. The molecular formula is C11H13ClN4. The maximum Gasteiger partial charge on any atom is 0.180 e. The summed E-state index contributed by atoms with van der Waals surface area (Å²) in [5.41, 5.74) is 1.48. The Labute approximate surface area is 99.1 Å². The second-order valence-electron chi connectivity index (χ2n) is 3.42. The Balaban J connectivity index is 2.02. The van der Waals surface area contributed by atoms with Crippen LogP contribution in [0.5, 0.6) is 0 Å². The van der Waals surface area contributed by atoms with E-state index in [1.807, 2.05) is 12.1 Å². The molecule has 84 valence electrons. The zero-order chi connectivity index (χ0) is 11.2. The molecule has 0 bridgehead atoms. The Morgan fingerprint density at radius 1 is 1.12 bits per heavy atom. The van der Waals surface area contributed by atoms with Crippen LogP contribution in [0.15, 0.2) is 24.5 Å². The third-order valence-electron chi connectivity index (χ3n) is 2.20. The van der Waals surface area contributed by atoms with Crippen molar-refractivity contribution in [2.45, 2.75) is 12.8 Å². The van der Waals surface area contributed by atoms with E-state index in [0.29, 0.717) is 11.5 Å². The number of hydrogen-bond acceptors (Lipinski definition) is 4. The van der Waals surface area contributed by atoms with Crippen molar-refractivity contribution in [3.05, 3.63) is 24.5 Å². The molecule has 0 unspecified atom stereocenters. The fourth-order valence-corrected chi connectivity index (χ4v) is 1.58. The minimum absolute atomic E-state index is 0.671. The number of alkyl halides is 1. The Kier molecular flexibility index (Phi) is 3.88. The van der Waals surface area contributed by atoms with Crippen molar-refractivity contribution in [3.8, 4) is 0 Å². The molecule has 0 saturated heterocycles.